The molecule has 3 rings (SSSR count). The van der Waals surface area contributed by atoms with Gasteiger partial charge in [0.15, 0.2) is 0 Å². The van der Waals surface area contributed by atoms with Crippen molar-refractivity contribution in [2.24, 2.45) is 10.8 Å². The molecule has 0 aromatic heterocycles. The van der Waals surface area contributed by atoms with Crippen molar-refractivity contribution < 1.29 is 27.5 Å². The minimum Gasteiger partial charge on any atom is -0.463 e. The summed E-state index contributed by atoms with van der Waals surface area (Å²) in [6, 6.07) is 6.68. The van der Waals surface area contributed by atoms with Gasteiger partial charge in [-0.1, -0.05) is 38.1 Å². The zero-order chi connectivity index (χ0) is 21.4. The van der Waals surface area contributed by atoms with Crippen LogP contribution in [0.15, 0.2) is 47.4 Å². The number of nitrogens with zero attached hydrogens (tertiary/aromatic N) is 1. The van der Waals surface area contributed by atoms with Crippen LogP contribution in [0.2, 0.25) is 0 Å². The summed E-state index contributed by atoms with van der Waals surface area (Å²) < 4.78 is 32.2. The molecule has 1 aliphatic carbocycles. The SMILES string of the molecule is CCOC(=O)/C=C/[C@H]1C[C@]2(CC(C)(C)CC2=O)C(=O)N1S(=O)(=O)c1ccccc1. The number of amides is 1. The van der Waals surface area contributed by atoms with Crippen LogP contribution in [0.1, 0.15) is 40.0 Å². The van der Waals surface area contributed by atoms with Gasteiger partial charge in [-0.05, 0) is 37.3 Å². The highest BCUT2D eigenvalue weighted by molar-refractivity contribution is 7.89. The quantitative estimate of drug-likeness (QED) is 0.413. The minimum absolute atomic E-state index is 0.0239. The molecule has 2 aliphatic rings. The first-order chi connectivity index (χ1) is 13.5. The molecule has 0 radical (unpaired) electrons. The summed E-state index contributed by atoms with van der Waals surface area (Å²) in [6.45, 7) is 5.62. The molecular weight excluding hydrogens is 394 g/mol. The second-order valence-corrected chi connectivity index (χ2v) is 10.1. The van der Waals surface area contributed by atoms with E-state index >= 15 is 0 Å². The van der Waals surface area contributed by atoms with E-state index in [4.69, 9.17) is 4.74 Å². The van der Waals surface area contributed by atoms with Crippen LogP contribution in [0, 0.1) is 10.8 Å². The molecule has 1 saturated heterocycles. The summed E-state index contributed by atoms with van der Waals surface area (Å²) in [4.78, 5) is 38.0. The molecule has 0 N–H and O–H groups in total. The summed E-state index contributed by atoms with van der Waals surface area (Å²) in [5.41, 5.74) is -1.77. The number of hydrogen-bond donors (Lipinski definition) is 0. The zero-order valence-electron chi connectivity index (χ0n) is 16.8. The Morgan fingerprint density at radius 1 is 1.24 bits per heavy atom. The maximum Gasteiger partial charge on any atom is 0.330 e. The average molecular weight is 419 g/mol. The number of carbonyl (C=O) groups excluding carboxylic acids is 3. The Morgan fingerprint density at radius 3 is 2.45 bits per heavy atom. The Morgan fingerprint density at radius 2 is 1.90 bits per heavy atom. The number of hydrogen-bond acceptors (Lipinski definition) is 6. The normalized spacial score (nSPS) is 26.6. The van der Waals surface area contributed by atoms with E-state index in [9.17, 15) is 22.8 Å². The van der Waals surface area contributed by atoms with E-state index in [1.54, 1.807) is 25.1 Å². The second kappa shape index (κ2) is 7.40. The third-order valence-corrected chi connectivity index (χ3v) is 7.29. The Bertz CT molecular complexity index is 966. The smallest absolute Gasteiger partial charge is 0.330 e. The number of ketones is 1. The number of carbonyl (C=O) groups is 3. The third-order valence-electron chi connectivity index (χ3n) is 5.46. The van der Waals surface area contributed by atoms with Crippen LogP contribution in [-0.4, -0.2) is 43.0 Å². The Labute approximate surface area is 170 Å². The monoisotopic (exact) mass is 419 g/mol. The van der Waals surface area contributed by atoms with E-state index in [0.29, 0.717) is 0 Å². The molecule has 1 saturated carbocycles. The highest BCUT2D eigenvalue weighted by Gasteiger charge is 2.63. The highest BCUT2D eigenvalue weighted by Crippen LogP contribution is 2.54. The van der Waals surface area contributed by atoms with Gasteiger partial charge in [-0.2, -0.15) is 0 Å². The molecule has 1 aromatic carbocycles. The fourth-order valence-electron chi connectivity index (χ4n) is 4.37. The molecule has 8 heteroatoms. The molecule has 29 heavy (non-hydrogen) atoms. The van der Waals surface area contributed by atoms with Crippen molar-refractivity contribution in [3.63, 3.8) is 0 Å². The van der Waals surface area contributed by atoms with Crippen LogP contribution in [0.25, 0.3) is 0 Å². The lowest BCUT2D eigenvalue weighted by molar-refractivity contribution is -0.140. The lowest BCUT2D eigenvalue weighted by Crippen LogP contribution is -2.42. The fourth-order valence-corrected chi connectivity index (χ4v) is 5.99. The molecule has 0 unspecified atom stereocenters. The van der Waals surface area contributed by atoms with Gasteiger partial charge in [-0.3, -0.25) is 9.59 Å². The van der Waals surface area contributed by atoms with Gasteiger partial charge in [-0.15, -0.1) is 0 Å². The van der Waals surface area contributed by atoms with E-state index in [1.807, 2.05) is 13.8 Å². The van der Waals surface area contributed by atoms with Gasteiger partial charge in [-0.25, -0.2) is 17.5 Å². The first kappa shape index (κ1) is 21.2. The number of rotatable bonds is 5. The standard InChI is InChI=1S/C21H25NO6S/c1-4-28-18(24)11-10-15-12-21(14-20(2,3)13-17(21)23)19(25)22(15)29(26,27)16-8-6-5-7-9-16/h5-11,15H,4,12-14H2,1-3H3/b11-10+/t15-,21+/m0/s1. The summed E-state index contributed by atoms with van der Waals surface area (Å²) in [5.74, 6) is -1.58. The molecule has 156 valence electrons. The Kier molecular flexibility index (Phi) is 5.42. The van der Waals surface area contributed by atoms with Crippen molar-refractivity contribution in [3.05, 3.63) is 42.5 Å². The maximum absolute atomic E-state index is 13.4. The van der Waals surface area contributed by atoms with Crippen LogP contribution >= 0.6 is 0 Å². The largest absolute Gasteiger partial charge is 0.463 e. The van der Waals surface area contributed by atoms with Gasteiger partial charge >= 0.3 is 5.97 Å². The maximum atomic E-state index is 13.4. The Balaban J connectivity index is 2.06. The summed E-state index contributed by atoms with van der Waals surface area (Å²) in [5, 5.41) is 0. The third kappa shape index (κ3) is 3.73. The summed E-state index contributed by atoms with van der Waals surface area (Å²) >= 11 is 0. The van der Waals surface area contributed by atoms with Crippen molar-refractivity contribution in [2.75, 3.05) is 6.61 Å². The predicted molar refractivity (Wildman–Crippen MR) is 105 cm³/mol. The van der Waals surface area contributed by atoms with E-state index in [1.165, 1.54) is 18.2 Å². The summed E-state index contributed by atoms with van der Waals surface area (Å²) in [6.07, 6.45) is 2.99. The lowest BCUT2D eigenvalue weighted by atomic mass is 9.79. The van der Waals surface area contributed by atoms with E-state index in [2.05, 4.69) is 0 Å². The van der Waals surface area contributed by atoms with Crippen LogP contribution < -0.4 is 0 Å². The van der Waals surface area contributed by atoms with E-state index in [-0.39, 0.29) is 36.5 Å². The van der Waals surface area contributed by atoms with Gasteiger partial charge in [0.2, 0.25) is 0 Å². The Hall–Kier alpha value is -2.48. The van der Waals surface area contributed by atoms with Crippen LogP contribution in [-0.2, 0) is 29.1 Å². The molecule has 1 aromatic rings. The van der Waals surface area contributed by atoms with Crippen LogP contribution in [0.5, 0.6) is 0 Å². The predicted octanol–water partition coefficient (Wildman–Crippen LogP) is 2.47. The van der Waals surface area contributed by atoms with E-state index < -0.39 is 38.8 Å². The van der Waals surface area contributed by atoms with Gasteiger partial charge in [0.25, 0.3) is 15.9 Å². The molecule has 1 aliphatic heterocycles. The van der Waals surface area contributed by atoms with Crippen LogP contribution in [0.3, 0.4) is 0 Å². The fraction of sp³-hybridized carbons (Fsp3) is 0.476. The summed E-state index contributed by atoms with van der Waals surface area (Å²) in [7, 11) is -4.19. The lowest BCUT2D eigenvalue weighted by Gasteiger charge is -2.24. The minimum atomic E-state index is -4.19. The van der Waals surface area contributed by atoms with Gasteiger partial charge in [0.1, 0.15) is 11.2 Å². The van der Waals surface area contributed by atoms with Crippen molar-refractivity contribution in [1.82, 2.24) is 4.31 Å². The number of Topliss-reactive ketones (excluding diaryl/α,β-unsaturated/α-hetero) is 1. The molecule has 7 nitrogen and oxygen atoms in total. The molecule has 2 atom stereocenters. The average Bonchev–Trinajstić information content (AvgIpc) is 3.06. The number of sulfonamides is 1. The van der Waals surface area contributed by atoms with Gasteiger partial charge in [0, 0.05) is 12.5 Å². The topological polar surface area (TPSA) is 97.8 Å². The molecule has 2 fully saturated rings. The van der Waals surface area contributed by atoms with Gasteiger partial charge < -0.3 is 4.74 Å². The second-order valence-electron chi connectivity index (χ2n) is 8.32. The molecular formula is C21H25NO6S. The van der Waals surface area contributed by atoms with E-state index in [0.717, 1.165) is 10.4 Å². The van der Waals surface area contributed by atoms with Crippen molar-refractivity contribution in [1.29, 1.82) is 0 Å². The first-order valence-corrected chi connectivity index (χ1v) is 11.0. The molecule has 0 bridgehead atoms. The van der Waals surface area contributed by atoms with Crippen LogP contribution in [0.4, 0.5) is 0 Å². The number of esters is 1. The van der Waals surface area contributed by atoms with Gasteiger partial charge in [0.05, 0.1) is 17.5 Å². The van der Waals surface area contributed by atoms with Crippen molar-refractivity contribution in [3.8, 4) is 0 Å². The first-order valence-electron chi connectivity index (χ1n) is 9.56. The molecule has 1 amide bonds. The molecule has 1 heterocycles. The number of benzene rings is 1. The van der Waals surface area contributed by atoms with Crippen molar-refractivity contribution in [2.45, 2.75) is 51.0 Å². The zero-order valence-corrected chi connectivity index (χ0v) is 17.6. The molecule has 1 spiro atoms. The highest BCUT2D eigenvalue weighted by atomic mass is 32.2. The number of ether oxygens (including phenoxy) is 1. The van der Waals surface area contributed by atoms with Crippen molar-refractivity contribution >= 4 is 27.7 Å².